The van der Waals surface area contributed by atoms with E-state index in [1.807, 2.05) is 0 Å². The van der Waals surface area contributed by atoms with E-state index in [0.29, 0.717) is 6.54 Å². The van der Waals surface area contributed by atoms with Crippen molar-refractivity contribution in [3.8, 4) is 0 Å². The Morgan fingerprint density at radius 3 is 2.50 bits per heavy atom. The van der Waals surface area contributed by atoms with E-state index in [-0.39, 0.29) is 12.5 Å². The predicted octanol–water partition coefficient (Wildman–Crippen LogP) is 1.56. The molecular weight excluding hydrogens is 223 g/mol. The van der Waals surface area contributed by atoms with Crippen LogP contribution in [0.2, 0.25) is 0 Å². The van der Waals surface area contributed by atoms with Crippen molar-refractivity contribution in [2.24, 2.45) is 5.92 Å². The van der Waals surface area contributed by atoms with E-state index in [4.69, 9.17) is 0 Å². The Morgan fingerprint density at radius 1 is 1.56 bits per heavy atom. The predicted molar refractivity (Wildman–Crippen MR) is 51.7 cm³/mol. The third-order valence-corrected chi connectivity index (χ3v) is 3.04. The van der Waals surface area contributed by atoms with Gasteiger partial charge in [-0.15, -0.1) is 0 Å². The number of amides is 1. The molecule has 0 aliphatic carbocycles. The molecule has 1 N–H and O–H groups in total. The minimum Gasteiger partial charge on any atom is -0.388 e. The van der Waals surface area contributed by atoms with Crippen LogP contribution in [-0.2, 0) is 4.79 Å². The first kappa shape index (κ1) is 13.3. The van der Waals surface area contributed by atoms with Gasteiger partial charge in [-0.25, -0.2) is 0 Å². The van der Waals surface area contributed by atoms with Gasteiger partial charge in [-0.1, -0.05) is 6.92 Å². The van der Waals surface area contributed by atoms with Gasteiger partial charge in [0.05, 0.1) is 12.0 Å². The third-order valence-electron chi connectivity index (χ3n) is 3.04. The molecule has 0 aromatic carbocycles. The van der Waals surface area contributed by atoms with Crippen LogP contribution in [0.3, 0.4) is 0 Å². The van der Waals surface area contributed by atoms with Gasteiger partial charge in [0.15, 0.2) is 0 Å². The summed E-state index contributed by atoms with van der Waals surface area (Å²) in [6.07, 6.45) is -5.94. The molecule has 1 amide bonds. The molecule has 6 heteroatoms. The number of nitrogens with zero attached hydrogens (tertiary/aromatic N) is 1. The molecule has 1 heterocycles. The molecule has 1 fully saturated rings. The monoisotopic (exact) mass is 239 g/mol. The molecule has 1 aliphatic rings. The Kier molecular flexibility index (Phi) is 3.52. The Labute approximate surface area is 92.2 Å². The molecule has 0 aromatic rings. The zero-order valence-electron chi connectivity index (χ0n) is 9.34. The Bertz CT molecular complexity index is 276. The van der Waals surface area contributed by atoms with Gasteiger partial charge in [-0.3, -0.25) is 4.79 Å². The molecule has 2 atom stereocenters. The SMILES string of the molecule is C[C@@H]1CN(C(=O)CCC(F)(F)F)C[C@]1(C)O. The summed E-state index contributed by atoms with van der Waals surface area (Å²) in [4.78, 5) is 12.7. The van der Waals surface area contributed by atoms with Crippen LogP contribution < -0.4 is 0 Å². The third kappa shape index (κ3) is 3.37. The van der Waals surface area contributed by atoms with E-state index in [1.165, 1.54) is 4.90 Å². The number of alkyl halides is 3. The number of β-amino-alcohol motifs (C(OH)–C–C–N with tert-alkyl or cyclic N) is 1. The molecule has 1 aliphatic heterocycles. The summed E-state index contributed by atoms with van der Waals surface area (Å²) in [6.45, 7) is 3.81. The van der Waals surface area contributed by atoms with Gasteiger partial charge in [0.25, 0.3) is 0 Å². The fourth-order valence-electron chi connectivity index (χ4n) is 1.73. The van der Waals surface area contributed by atoms with Crippen LogP contribution in [-0.4, -0.2) is 40.8 Å². The van der Waals surface area contributed by atoms with E-state index >= 15 is 0 Å². The second-order valence-electron chi connectivity index (χ2n) is 4.65. The van der Waals surface area contributed by atoms with Crippen molar-refractivity contribution in [1.82, 2.24) is 4.90 Å². The van der Waals surface area contributed by atoms with E-state index in [0.717, 1.165) is 0 Å². The zero-order chi connectivity index (χ0) is 12.6. The van der Waals surface area contributed by atoms with Crippen LogP contribution in [0.5, 0.6) is 0 Å². The summed E-state index contributed by atoms with van der Waals surface area (Å²) in [6, 6.07) is 0. The first-order chi connectivity index (χ1) is 7.12. The summed E-state index contributed by atoms with van der Waals surface area (Å²) in [5.74, 6) is -0.649. The van der Waals surface area contributed by atoms with E-state index in [2.05, 4.69) is 0 Å². The van der Waals surface area contributed by atoms with Crippen LogP contribution in [0.4, 0.5) is 13.2 Å². The van der Waals surface area contributed by atoms with Crippen LogP contribution in [0, 0.1) is 5.92 Å². The minimum atomic E-state index is -4.30. The number of carbonyl (C=O) groups is 1. The Morgan fingerprint density at radius 2 is 2.12 bits per heavy atom. The molecule has 0 unspecified atom stereocenters. The molecule has 0 bridgehead atoms. The second kappa shape index (κ2) is 4.24. The van der Waals surface area contributed by atoms with Gasteiger partial charge in [0.1, 0.15) is 0 Å². The van der Waals surface area contributed by atoms with E-state index in [1.54, 1.807) is 13.8 Å². The van der Waals surface area contributed by atoms with Gasteiger partial charge in [0.2, 0.25) is 5.91 Å². The summed E-state index contributed by atoms with van der Waals surface area (Å²) in [5.41, 5.74) is -0.992. The number of carbonyl (C=O) groups excluding carboxylic acids is 1. The first-order valence-electron chi connectivity index (χ1n) is 5.19. The second-order valence-corrected chi connectivity index (χ2v) is 4.65. The van der Waals surface area contributed by atoms with Crippen LogP contribution in [0.1, 0.15) is 26.7 Å². The van der Waals surface area contributed by atoms with Crippen LogP contribution in [0.15, 0.2) is 0 Å². The van der Waals surface area contributed by atoms with E-state index < -0.39 is 30.5 Å². The highest BCUT2D eigenvalue weighted by Crippen LogP contribution is 2.28. The van der Waals surface area contributed by atoms with Gasteiger partial charge in [0, 0.05) is 25.4 Å². The van der Waals surface area contributed by atoms with Crippen molar-refractivity contribution in [2.45, 2.75) is 38.5 Å². The topological polar surface area (TPSA) is 40.5 Å². The van der Waals surface area contributed by atoms with Gasteiger partial charge < -0.3 is 10.0 Å². The van der Waals surface area contributed by atoms with Crippen molar-refractivity contribution < 1.29 is 23.1 Å². The summed E-state index contributed by atoms with van der Waals surface area (Å²) in [5, 5.41) is 9.79. The van der Waals surface area contributed by atoms with Crippen molar-refractivity contribution in [3.05, 3.63) is 0 Å². The zero-order valence-corrected chi connectivity index (χ0v) is 9.34. The van der Waals surface area contributed by atoms with Crippen molar-refractivity contribution >= 4 is 5.91 Å². The quantitative estimate of drug-likeness (QED) is 0.794. The molecular formula is C10H16F3NO2. The molecule has 0 saturated carbocycles. The minimum absolute atomic E-state index is 0.109. The van der Waals surface area contributed by atoms with E-state index in [9.17, 15) is 23.1 Å². The number of rotatable bonds is 2. The number of aliphatic hydroxyl groups is 1. The summed E-state index contributed by atoms with van der Waals surface area (Å²) >= 11 is 0. The lowest BCUT2D eigenvalue weighted by Gasteiger charge is -2.20. The molecule has 0 radical (unpaired) electrons. The van der Waals surface area contributed by atoms with Crippen LogP contribution in [0.25, 0.3) is 0 Å². The molecule has 16 heavy (non-hydrogen) atoms. The average molecular weight is 239 g/mol. The molecule has 94 valence electrons. The maximum atomic E-state index is 11.9. The van der Waals surface area contributed by atoms with Crippen molar-refractivity contribution in [2.75, 3.05) is 13.1 Å². The van der Waals surface area contributed by atoms with Crippen LogP contribution >= 0.6 is 0 Å². The fraction of sp³-hybridized carbons (Fsp3) is 0.900. The van der Waals surface area contributed by atoms with Gasteiger partial charge in [-0.05, 0) is 6.92 Å². The average Bonchev–Trinajstić information content (AvgIpc) is 2.36. The molecule has 3 nitrogen and oxygen atoms in total. The maximum Gasteiger partial charge on any atom is 0.389 e. The Hall–Kier alpha value is -0.780. The first-order valence-corrected chi connectivity index (χ1v) is 5.19. The molecule has 1 rings (SSSR count). The smallest absolute Gasteiger partial charge is 0.388 e. The lowest BCUT2D eigenvalue weighted by molar-refractivity contribution is -0.148. The van der Waals surface area contributed by atoms with Gasteiger partial charge >= 0.3 is 6.18 Å². The number of hydrogen-bond acceptors (Lipinski definition) is 2. The molecule has 0 spiro atoms. The summed E-state index contributed by atoms with van der Waals surface area (Å²) in [7, 11) is 0. The van der Waals surface area contributed by atoms with Crippen molar-refractivity contribution in [1.29, 1.82) is 0 Å². The Balaban J connectivity index is 2.46. The highest BCUT2D eigenvalue weighted by molar-refractivity contribution is 5.76. The fourth-order valence-corrected chi connectivity index (χ4v) is 1.73. The lowest BCUT2D eigenvalue weighted by Crippen LogP contribution is -2.35. The largest absolute Gasteiger partial charge is 0.389 e. The van der Waals surface area contributed by atoms with Crippen molar-refractivity contribution in [3.63, 3.8) is 0 Å². The highest BCUT2D eigenvalue weighted by Gasteiger charge is 2.41. The molecule has 0 aromatic heterocycles. The molecule has 1 saturated heterocycles. The number of likely N-dealkylation sites (tertiary alicyclic amines) is 1. The standard InChI is InChI=1S/C10H16F3NO2/c1-7-5-14(6-9(7,2)16)8(15)3-4-10(11,12)13/h7,16H,3-6H2,1-2H3/t7-,9+/m1/s1. The maximum absolute atomic E-state index is 11.9. The highest BCUT2D eigenvalue weighted by atomic mass is 19.4. The normalized spacial score (nSPS) is 30.9. The summed E-state index contributed by atoms with van der Waals surface area (Å²) < 4.78 is 35.7. The number of hydrogen-bond donors (Lipinski definition) is 1. The van der Waals surface area contributed by atoms with Gasteiger partial charge in [-0.2, -0.15) is 13.2 Å². The number of halogens is 3. The lowest BCUT2D eigenvalue weighted by atomic mass is 9.95.